The average Bonchev–Trinajstić information content (AvgIpc) is 2.92. The van der Waals surface area contributed by atoms with E-state index >= 15 is 0 Å². The number of nitrogens with one attached hydrogen (secondary N) is 2. The van der Waals surface area contributed by atoms with E-state index in [0.717, 1.165) is 17.7 Å². The molecule has 2 aromatic rings. The van der Waals surface area contributed by atoms with E-state index in [4.69, 9.17) is 5.73 Å². The van der Waals surface area contributed by atoms with E-state index in [1.165, 1.54) is 11.3 Å². The molecule has 1 aromatic carbocycles. The Morgan fingerprint density at radius 1 is 1.33 bits per heavy atom. The lowest BCUT2D eigenvalue weighted by atomic mass is 10.1. The molecule has 7 heteroatoms. The zero-order valence-electron chi connectivity index (χ0n) is 11.7. The van der Waals surface area contributed by atoms with Crippen molar-refractivity contribution in [1.29, 1.82) is 0 Å². The Morgan fingerprint density at radius 3 is 2.62 bits per heavy atom. The van der Waals surface area contributed by atoms with Crippen LogP contribution in [0.15, 0.2) is 24.3 Å². The van der Waals surface area contributed by atoms with E-state index < -0.39 is 5.97 Å². The van der Waals surface area contributed by atoms with Gasteiger partial charge in [0.05, 0.1) is 0 Å². The van der Waals surface area contributed by atoms with Crippen molar-refractivity contribution < 1.29 is 9.90 Å². The minimum Gasteiger partial charge on any atom is -0.477 e. The second-order valence-electron chi connectivity index (χ2n) is 4.43. The number of nitrogens with two attached hydrogens (primary N) is 1. The van der Waals surface area contributed by atoms with E-state index in [9.17, 15) is 9.90 Å². The van der Waals surface area contributed by atoms with Gasteiger partial charge >= 0.3 is 5.97 Å². The smallest absolute Gasteiger partial charge is 0.349 e. The molecule has 0 fully saturated rings. The van der Waals surface area contributed by atoms with Crippen LogP contribution >= 0.6 is 11.3 Å². The first kappa shape index (κ1) is 15.4. The molecule has 21 heavy (non-hydrogen) atoms. The van der Waals surface area contributed by atoms with Gasteiger partial charge in [0, 0.05) is 25.2 Å². The van der Waals surface area contributed by atoms with Crippen LogP contribution in [0.5, 0.6) is 0 Å². The van der Waals surface area contributed by atoms with E-state index in [1.54, 1.807) is 0 Å². The van der Waals surface area contributed by atoms with Crippen molar-refractivity contribution in [3.63, 3.8) is 0 Å². The molecular weight excluding hydrogens is 288 g/mol. The molecule has 0 bridgehead atoms. The van der Waals surface area contributed by atoms with Gasteiger partial charge in [-0.2, -0.15) is 0 Å². The SMILES string of the molecule is CNCCNc1nc(-c2ccc(CN)cc2)sc1C(=O)O. The van der Waals surface area contributed by atoms with Gasteiger partial charge in [-0.15, -0.1) is 11.3 Å². The summed E-state index contributed by atoms with van der Waals surface area (Å²) in [6, 6.07) is 7.66. The van der Waals surface area contributed by atoms with Gasteiger partial charge in [0.25, 0.3) is 0 Å². The number of benzene rings is 1. The summed E-state index contributed by atoms with van der Waals surface area (Å²) in [5.74, 6) is -0.551. The summed E-state index contributed by atoms with van der Waals surface area (Å²) in [6.07, 6.45) is 0. The molecule has 0 saturated heterocycles. The molecule has 6 nitrogen and oxygen atoms in total. The summed E-state index contributed by atoms with van der Waals surface area (Å²) in [4.78, 5) is 15.9. The maximum absolute atomic E-state index is 11.3. The lowest BCUT2D eigenvalue weighted by molar-refractivity contribution is 0.0703. The average molecular weight is 306 g/mol. The topological polar surface area (TPSA) is 100 Å². The Balaban J connectivity index is 2.26. The predicted octanol–water partition coefficient (Wildman–Crippen LogP) is 1.60. The second kappa shape index (κ2) is 7.16. The lowest BCUT2D eigenvalue weighted by Crippen LogP contribution is -2.18. The number of aromatic nitrogens is 1. The number of carboxylic acid groups (broad SMARTS) is 1. The van der Waals surface area contributed by atoms with Crippen molar-refractivity contribution in [2.45, 2.75) is 6.54 Å². The minimum atomic E-state index is -0.968. The number of anilines is 1. The third kappa shape index (κ3) is 3.78. The molecule has 112 valence electrons. The maximum Gasteiger partial charge on any atom is 0.349 e. The van der Waals surface area contributed by atoms with Gasteiger partial charge < -0.3 is 21.5 Å². The van der Waals surface area contributed by atoms with Crippen LogP contribution < -0.4 is 16.4 Å². The zero-order chi connectivity index (χ0) is 15.2. The Kier molecular flexibility index (Phi) is 5.26. The third-order valence-corrected chi connectivity index (χ3v) is 4.02. The first-order chi connectivity index (χ1) is 10.2. The molecule has 0 aliphatic carbocycles. The molecule has 1 heterocycles. The number of rotatable bonds is 7. The van der Waals surface area contributed by atoms with Gasteiger partial charge in [0.1, 0.15) is 5.01 Å². The van der Waals surface area contributed by atoms with Gasteiger partial charge in [-0.3, -0.25) is 0 Å². The molecule has 0 radical (unpaired) electrons. The Morgan fingerprint density at radius 2 is 2.05 bits per heavy atom. The second-order valence-corrected chi connectivity index (χ2v) is 5.43. The van der Waals surface area contributed by atoms with Crippen LogP contribution in [0.2, 0.25) is 0 Å². The highest BCUT2D eigenvalue weighted by molar-refractivity contribution is 7.17. The largest absolute Gasteiger partial charge is 0.477 e. The normalized spacial score (nSPS) is 10.6. The van der Waals surface area contributed by atoms with Gasteiger partial charge in [-0.1, -0.05) is 24.3 Å². The molecule has 5 N–H and O–H groups in total. The summed E-state index contributed by atoms with van der Waals surface area (Å²) in [6.45, 7) is 1.83. The molecule has 0 atom stereocenters. The molecule has 0 unspecified atom stereocenters. The number of likely N-dealkylation sites (N-methyl/N-ethyl adjacent to an activating group) is 1. The Bertz CT molecular complexity index is 610. The van der Waals surface area contributed by atoms with Gasteiger partial charge in [-0.25, -0.2) is 9.78 Å². The number of aromatic carboxylic acids is 1. The number of hydrogen-bond donors (Lipinski definition) is 4. The number of hydrogen-bond acceptors (Lipinski definition) is 6. The highest BCUT2D eigenvalue weighted by Gasteiger charge is 2.17. The van der Waals surface area contributed by atoms with Crippen molar-refractivity contribution in [3.8, 4) is 10.6 Å². The van der Waals surface area contributed by atoms with Crippen LogP contribution in [0.4, 0.5) is 5.82 Å². The Labute approximate surface area is 127 Å². The predicted molar refractivity (Wildman–Crippen MR) is 84.8 cm³/mol. The zero-order valence-corrected chi connectivity index (χ0v) is 12.5. The van der Waals surface area contributed by atoms with Crippen LogP contribution in [-0.4, -0.2) is 36.2 Å². The van der Waals surface area contributed by atoms with Crippen LogP contribution in [0.1, 0.15) is 15.2 Å². The molecule has 1 aromatic heterocycles. The fourth-order valence-corrected chi connectivity index (χ4v) is 2.68. The van der Waals surface area contributed by atoms with Crippen molar-refractivity contribution in [1.82, 2.24) is 10.3 Å². The van der Waals surface area contributed by atoms with E-state index in [-0.39, 0.29) is 4.88 Å². The molecule has 0 aliphatic rings. The number of thiazole rings is 1. The van der Waals surface area contributed by atoms with Gasteiger partial charge in [0.15, 0.2) is 10.7 Å². The first-order valence-electron chi connectivity index (χ1n) is 6.57. The standard InChI is InChI=1S/C14H18N4O2S/c1-16-6-7-17-12-11(14(19)20)21-13(18-12)10-4-2-9(8-15)3-5-10/h2-5,16-17H,6-8,15H2,1H3,(H,19,20). The maximum atomic E-state index is 11.3. The minimum absolute atomic E-state index is 0.226. The van der Waals surface area contributed by atoms with Crippen LogP contribution in [0.3, 0.4) is 0 Å². The highest BCUT2D eigenvalue weighted by Crippen LogP contribution is 2.31. The van der Waals surface area contributed by atoms with E-state index in [1.807, 2.05) is 31.3 Å². The summed E-state index contributed by atoms with van der Waals surface area (Å²) in [7, 11) is 1.84. The fourth-order valence-electron chi connectivity index (χ4n) is 1.80. The van der Waals surface area contributed by atoms with Crippen molar-refractivity contribution in [3.05, 3.63) is 34.7 Å². The van der Waals surface area contributed by atoms with Crippen LogP contribution in [0.25, 0.3) is 10.6 Å². The van der Waals surface area contributed by atoms with E-state index in [2.05, 4.69) is 15.6 Å². The number of carbonyl (C=O) groups is 1. The summed E-state index contributed by atoms with van der Waals surface area (Å²) in [5.41, 5.74) is 7.49. The lowest BCUT2D eigenvalue weighted by Gasteiger charge is -2.03. The highest BCUT2D eigenvalue weighted by atomic mass is 32.1. The molecule has 0 amide bonds. The first-order valence-corrected chi connectivity index (χ1v) is 7.39. The van der Waals surface area contributed by atoms with Gasteiger partial charge in [-0.05, 0) is 12.6 Å². The molecule has 0 spiro atoms. The summed E-state index contributed by atoms with van der Waals surface area (Å²) in [5, 5.41) is 16.0. The summed E-state index contributed by atoms with van der Waals surface area (Å²) < 4.78 is 0. The quantitative estimate of drug-likeness (QED) is 0.580. The van der Waals surface area contributed by atoms with Crippen molar-refractivity contribution >= 4 is 23.1 Å². The fraction of sp³-hybridized carbons (Fsp3) is 0.286. The molecule has 0 saturated carbocycles. The van der Waals surface area contributed by atoms with E-state index in [0.29, 0.717) is 23.9 Å². The third-order valence-electron chi connectivity index (χ3n) is 2.93. The molecular formula is C14H18N4O2S. The van der Waals surface area contributed by atoms with Crippen molar-refractivity contribution in [2.75, 3.05) is 25.5 Å². The number of nitrogens with zero attached hydrogens (tertiary/aromatic N) is 1. The van der Waals surface area contributed by atoms with Crippen molar-refractivity contribution in [2.24, 2.45) is 5.73 Å². The van der Waals surface area contributed by atoms with Crippen LogP contribution in [0, 0.1) is 0 Å². The monoisotopic (exact) mass is 306 g/mol. The number of carboxylic acids is 1. The summed E-state index contributed by atoms with van der Waals surface area (Å²) >= 11 is 1.17. The van der Waals surface area contributed by atoms with Crippen LogP contribution in [-0.2, 0) is 6.54 Å². The molecule has 0 aliphatic heterocycles. The Hall–Kier alpha value is -1.96. The van der Waals surface area contributed by atoms with Gasteiger partial charge in [0.2, 0.25) is 0 Å². The molecule has 2 rings (SSSR count).